The van der Waals surface area contributed by atoms with E-state index in [0.29, 0.717) is 10.6 Å². The van der Waals surface area contributed by atoms with Crippen molar-refractivity contribution in [2.24, 2.45) is 0 Å². The monoisotopic (exact) mass is 300 g/mol. The number of thiophene rings is 1. The first-order valence-corrected chi connectivity index (χ1v) is 7.47. The molecule has 0 aromatic carbocycles. The van der Waals surface area contributed by atoms with E-state index in [1.807, 2.05) is 6.07 Å². The van der Waals surface area contributed by atoms with Crippen molar-refractivity contribution in [2.75, 3.05) is 12.4 Å². The van der Waals surface area contributed by atoms with Gasteiger partial charge in [-0.1, -0.05) is 0 Å². The number of amides is 1. The van der Waals surface area contributed by atoms with Crippen molar-refractivity contribution < 1.29 is 14.3 Å². The van der Waals surface area contributed by atoms with Crippen LogP contribution in [-0.2, 0) is 14.9 Å². The molecular formula is C15H12N2O3S. The average molecular weight is 300 g/mol. The van der Waals surface area contributed by atoms with Crippen molar-refractivity contribution in [3.8, 4) is 11.3 Å². The number of aromatic nitrogens is 1. The SMILES string of the molecule is COC(=O)c1cc2c(s1)C1(CC1)C(=O)Nc1cccnc1-2. The van der Waals surface area contributed by atoms with Crippen LogP contribution in [0.2, 0.25) is 0 Å². The van der Waals surface area contributed by atoms with Gasteiger partial charge in [0.2, 0.25) is 5.91 Å². The van der Waals surface area contributed by atoms with E-state index >= 15 is 0 Å². The summed E-state index contributed by atoms with van der Waals surface area (Å²) in [6, 6.07) is 5.41. The Kier molecular flexibility index (Phi) is 2.47. The molecule has 1 N–H and O–H groups in total. The lowest BCUT2D eigenvalue weighted by molar-refractivity contribution is -0.118. The highest BCUT2D eigenvalue weighted by atomic mass is 32.1. The molecule has 21 heavy (non-hydrogen) atoms. The molecule has 0 saturated heterocycles. The first-order valence-electron chi connectivity index (χ1n) is 6.65. The second-order valence-electron chi connectivity index (χ2n) is 5.28. The maximum Gasteiger partial charge on any atom is 0.348 e. The molecule has 1 saturated carbocycles. The van der Waals surface area contributed by atoms with Crippen LogP contribution >= 0.6 is 11.3 Å². The quantitative estimate of drug-likeness (QED) is 0.822. The Labute approximate surface area is 125 Å². The molecule has 1 aliphatic heterocycles. The maximum atomic E-state index is 12.5. The van der Waals surface area contributed by atoms with Gasteiger partial charge in [-0.05, 0) is 31.0 Å². The zero-order valence-electron chi connectivity index (χ0n) is 11.3. The average Bonchev–Trinajstić information content (AvgIpc) is 3.21. The molecule has 5 nitrogen and oxygen atoms in total. The number of carbonyl (C=O) groups excluding carboxylic acids is 2. The number of hydrogen-bond acceptors (Lipinski definition) is 5. The molecule has 2 aromatic heterocycles. The van der Waals surface area contributed by atoms with Gasteiger partial charge in [-0.15, -0.1) is 11.3 Å². The summed E-state index contributed by atoms with van der Waals surface area (Å²) in [5.41, 5.74) is 1.79. The number of ether oxygens (including phenoxy) is 1. The number of hydrogen-bond donors (Lipinski definition) is 1. The van der Waals surface area contributed by atoms with Gasteiger partial charge in [-0.2, -0.15) is 0 Å². The van der Waals surface area contributed by atoms with Gasteiger partial charge in [0.05, 0.1) is 23.9 Å². The minimum Gasteiger partial charge on any atom is -0.465 e. The van der Waals surface area contributed by atoms with Gasteiger partial charge in [0.15, 0.2) is 0 Å². The lowest BCUT2D eigenvalue weighted by Gasteiger charge is -2.10. The van der Waals surface area contributed by atoms with Gasteiger partial charge in [0, 0.05) is 16.6 Å². The Morgan fingerprint density at radius 2 is 2.29 bits per heavy atom. The molecule has 2 aromatic rings. The molecule has 0 atom stereocenters. The van der Waals surface area contributed by atoms with E-state index in [1.165, 1.54) is 18.4 Å². The number of carbonyl (C=O) groups is 2. The van der Waals surface area contributed by atoms with Crippen LogP contribution in [-0.4, -0.2) is 24.0 Å². The van der Waals surface area contributed by atoms with Crippen LogP contribution in [0.1, 0.15) is 27.4 Å². The van der Waals surface area contributed by atoms with E-state index in [0.717, 1.165) is 29.0 Å². The summed E-state index contributed by atoms with van der Waals surface area (Å²) in [7, 11) is 1.36. The predicted octanol–water partition coefficient (Wildman–Crippen LogP) is 2.58. The molecule has 0 unspecified atom stereocenters. The highest BCUT2D eigenvalue weighted by molar-refractivity contribution is 7.14. The van der Waals surface area contributed by atoms with E-state index in [2.05, 4.69) is 10.3 Å². The van der Waals surface area contributed by atoms with Gasteiger partial charge in [-0.3, -0.25) is 9.78 Å². The van der Waals surface area contributed by atoms with E-state index in [1.54, 1.807) is 18.3 Å². The first-order chi connectivity index (χ1) is 10.2. The second-order valence-corrected chi connectivity index (χ2v) is 6.33. The molecule has 1 aliphatic carbocycles. The third-order valence-corrected chi connectivity index (χ3v) is 5.37. The van der Waals surface area contributed by atoms with Crippen molar-refractivity contribution in [3.05, 3.63) is 34.2 Å². The first kappa shape index (κ1) is 12.5. The molecular weight excluding hydrogens is 288 g/mol. The summed E-state index contributed by atoms with van der Waals surface area (Å²) in [6.07, 6.45) is 3.30. The largest absolute Gasteiger partial charge is 0.465 e. The predicted molar refractivity (Wildman–Crippen MR) is 78.4 cm³/mol. The molecule has 6 heteroatoms. The Bertz CT molecular complexity index is 777. The van der Waals surface area contributed by atoms with E-state index in [4.69, 9.17) is 4.74 Å². The van der Waals surface area contributed by atoms with Crippen molar-refractivity contribution in [2.45, 2.75) is 18.3 Å². The fourth-order valence-electron chi connectivity index (χ4n) is 2.77. The Morgan fingerprint density at radius 3 is 3.00 bits per heavy atom. The zero-order valence-corrected chi connectivity index (χ0v) is 12.1. The highest BCUT2D eigenvalue weighted by Gasteiger charge is 2.55. The standard InChI is InChI=1S/C15H12N2O3S/c1-20-13(18)10-7-8-11-9(3-2-6-16-11)17-14(19)15(4-5-15)12(8)21-10/h2-3,6-7H,4-5H2,1H3,(H,17,19). The normalized spacial score (nSPS) is 17.5. The van der Waals surface area contributed by atoms with E-state index < -0.39 is 5.41 Å². The number of methoxy groups -OCH3 is 1. The van der Waals surface area contributed by atoms with E-state index in [-0.39, 0.29) is 11.9 Å². The van der Waals surface area contributed by atoms with Crippen LogP contribution in [0, 0.1) is 0 Å². The highest BCUT2D eigenvalue weighted by Crippen LogP contribution is 2.56. The lowest BCUT2D eigenvalue weighted by atomic mass is 10.00. The number of pyridine rings is 1. The fraction of sp³-hybridized carbons (Fsp3) is 0.267. The third kappa shape index (κ3) is 1.65. The van der Waals surface area contributed by atoms with Gasteiger partial charge in [0.25, 0.3) is 0 Å². The number of rotatable bonds is 1. The van der Waals surface area contributed by atoms with Crippen LogP contribution in [0.3, 0.4) is 0 Å². The molecule has 106 valence electrons. The van der Waals surface area contributed by atoms with Crippen LogP contribution < -0.4 is 5.32 Å². The summed E-state index contributed by atoms with van der Waals surface area (Å²) in [4.78, 5) is 30.2. The summed E-state index contributed by atoms with van der Waals surface area (Å²) >= 11 is 1.34. The smallest absolute Gasteiger partial charge is 0.348 e. The molecule has 4 rings (SSSR count). The third-order valence-electron chi connectivity index (χ3n) is 4.05. The van der Waals surface area contributed by atoms with Gasteiger partial charge >= 0.3 is 5.97 Å². The van der Waals surface area contributed by atoms with Crippen molar-refractivity contribution in [1.29, 1.82) is 0 Å². The Hall–Kier alpha value is -2.21. The number of esters is 1. The molecule has 1 amide bonds. The number of fused-ring (bicyclic) bond motifs is 4. The van der Waals surface area contributed by atoms with Crippen LogP contribution in [0.5, 0.6) is 0 Å². The van der Waals surface area contributed by atoms with Crippen LogP contribution in [0.15, 0.2) is 24.4 Å². The zero-order chi connectivity index (χ0) is 14.6. The second kappa shape index (κ2) is 4.14. The van der Waals surface area contributed by atoms with Gasteiger partial charge in [-0.25, -0.2) is 4.79 Å². The van der Waals surface area contributed by atoms with Crippen LogP contribution in [0.4, 0.5) is 5.69 Å². The number of nitrogens with zero attached hydrogens (tertiary/aromatic N) is 1. The summed E-state index contributed by atoms with van der Waals surface area (Å²) < 4.78 is 4.80. The van der Waals surface area contributed by atoms with Crippen LogP contribution in [0.25, 0.3) is 11.3 Å². The molecule has 0 radical (unpaired) electrons. The topological polar surface area (TPSA) is 68.3 Å². The van der Waals surface area contributed by atoms with E-state index in [9.17, 15) is 9.59 Å². The summed E-state index contributed by atoms with van der Waals surface area (Å²) in [5, 5.41) is 2.96. The number of anilines is 1. The minimum absolute atomic E-state index is 0.00577. The van der Waals surface area contributed by atoms with Crippen molar-refractivity contribution >= 4 is 28.9 Å². The fourth-order valence-corrected chi connectivity index (χ4v) is 4.09. The van der Waals surface area contributed by atoms with Crippen molar-refractivity contribution in [1.82, 2.24) is 4.98 Å². The molecule has 0 bridgehead atoms. The molecule has 2 aliphatic rings. The minimum atomic E-state index is -0.493. The number of nitrogens with one attached hydrogen (secondary N) is 1. The summed E-state index contributed by atoms with van der Waals surface area (Å²) in [6.45, 7) is 0. The molecule has 3 heterocycles. The Morgan fingerprint density at radius 1 is 1.48 bits per heavy atom. The van der Waals surface area contributed by atoms with Crippen molar-refractivity contribution in [3.63, 3.8) is 0 Å². The molecule has 1 fully saturated rings. The summed E-state index contributed by atoms with van der Waals surface area (Å²) in [5.74, 6) is -0.379. The van der Waals surface area contributed by atoms with Gasteiger partial charge < -0.3 is 10.1 Å². The maximum absolute atomic E-state index is 12.5. The molecule has 1 spiro atoms. The Balaban J connectivity index is 1.99. The van der Waals surface area contributed by atoms with Gasteiger partial charge in [0.1, 0.15) is 4.88 Å². The lowest BCUT2D eigenvalue weighted by Crippen LogP contribution is -2.25.